The fraction of sp³-hybridized carbons (Fsp3) is 0.387. The Hall–Kier alpha value is -3.87. The smallest absolute Gasteiger partial charge is 0.254 e. The molecular formula is C31H37NO6. The van der Waals surface area contributed by atoms with E-state index in [0.717, 1.165) is 23.3 Å². The van der Waals surface area contributed by atoms with Gasteiger partial charge in [-0.1, -0.05) is 19.1 Å². The van der Waals surface area contributed by atoms with Crippen LogP contribution >= 0.6 is 0 Å². The lowest BCUT2D eigenvalue weighted by Gasteiger charge is -2.37. The lowest BCUT2D eigenvalue weighted by Crippen LogP contribution is -2.42. The van der Waals surface area contributed by atoms with Gasteiger partial charge >= 0.3 is 0 Å². The van der Waals surface area contributed by atoms with E-state index in [2.05, 4.69) is 19.1 Å². The van der Waals surface area contributed by atoms with Crippen LogP contribution in [0.15, 0.2) is 54.6 Å². The number of carbonyl (C=O) groups is 1. The molecule has 0 aromatic heterocycles. The zero-order valence-corrected chi connectivity index (χ0v) is 22.9. The highest BCUT2D eigenvalue weighted by Gasteiger charge is 2.33. The standard InChI is InChI=1S/C31H37NO6/c1-6-21-9-12-24(13-10-21)38-20-26-25-19-29(35-5)28(34-4)17-22(25)15-16-32(26)31(33)23-11-14-27(36-7-2)30(18-23)37-8-3/h9-14,17-19,26H,6-8,15-16,20H2,1-5H3. The molecule has 1 atom stereocenters. The maximum atomic E-state index is 13.9. The molecule has 1 aliphatic rings. The van der Waals surface area contributed by atoms with Gasteiger partial charge in [0.05, 0.1) is 33.5 Å². The summed E-state index contributed by atoms with van der Waals surface area (Å²) in [6.45, 7) is 7.79. The molecule has 1 aliphatic heterocycles. The lowest BCUT2D eigenvalue weighted by atomic mass is 9.91. The van der Waals surface area contributed by atoms with E-state index in [0.29, 0.717) is 61.3 Å². The third-order valence-corrected chi connectivity index (χ3v) is 6.79. The molecule has 1 unspecified atom stereocenters. The van der Waals surface area contributed by atoms with Crippen molar-refractivity contribution < 1.29 is 28.5 Å². The van der Waals surface area contributed by atoms with Crippen molar-refractivity contribution >= 4 is 5.91 Å². The Bertz CT molecular complexity index is 1240. The van der Waals surface area contributed by atoms with Gasteiger partial charge in [0.1, 0.15) is 12.4 Å². The van der Waals surface area contributed by atoms with Gasteiger partial charge in [0.25, 0.3) is 5.91 Å². The minimum atomic E-state index is -0.320. The molecular weight excluding hydrogens is 482 g/mol. The van der Waals surface area contributed by atoms with Crippen LogP contribution in [0, 0.1) is 0 Å². The van der Waals surface area contributed by atoms with Crippen LogP contribution in [0.1, 0.15) is 53.9 Å². The van der Waals surface area contributed by atoms with E-state index in [1.807, 2.05) is 43.0 Å². The molecule has 0 radical (unpaired) electrons. The Morgan fingerprint density at radius 1 is 0.816 bits per heavy atom. The maximum Gasteiger partial charge on any atom is 0.254 e. The number of methoxy groups -OCH3 is 2. The van der Waals surface area contributed by atoms with Crippen LogP contribution in [0.2, 0.25) is 0 Å². The SMILES string of the molecule is CCOc1ccc(C(=O)N2CCc3cc(OC)c(OC)cc3C2COc2ccc(CC)cc2)cc1OCC. The number of hydrogen-bond acceptors (Lipinski definition) is 6. The zero-order valence-electron chi connectivity index (χ0n) is 22.9. The minimum Gasteiger partial charge on any atom is -0.493 e. The van der Waals surface area contributed by atoms with Crippen LogP contribution in [-0.2, 0) is 12.8 Å². The van der Waals surface area contributed by atoms with Crippen molar-refractivity contribution in [3.63, 3.8) is 0 Å². The summed E-state index contributed by atoms with van der Waals surface area (Å²) >= 11 is 0. The number of benzene rings is 3. The van der Waals surface area contributed by atoms with Gasteiger partial charge in [0.15, 0.2) is 23.0 Å². The molecule has 0 saturated heterocycles. The number of nitrogens with zero attached hydrogens (tertiary/aromatic N) is 1. The highest BCUT2D eigenvalue weighted by atomic mass is 16.5. The maximum absolute atomic E-state index is 13.9. The summed E-state index contributed by atoms with van der Waals surface area (Å²) in [5, 5.41) is 0. The summed E-state index contributed by atoms with van der Waals surface area (Å²) in [6, 6.07) is 17.1. The fourth-order valence-corrected chi connectivity index (χ4v) is 4.80. The summed E-state index contributed by atoms with van der Waals surface area (Å²) < 4.78 is 28.9. The van der Waals surface area contributed by atoms with E-state index in [9.17, 15) is 4.79 Å². The molecule has 202 valence electrons. The van der Waals surface area contributed by atoms with Gasteiger partial charge in [-0.2, -0.15) is 0 Å². The molecule has 0 bridgehead atoms. The summed E-state index contributed by atoms with van der Waals surface area (Å²) in [5.41, 5.74) is 3.89. The lowest BCUT2D eigenvalue weighted by molar-refractivity contribution is 0.0588. The number of ether oxygens (including phenoxy) is 5. The number of rotatable bonds is 11. The zero-order chi connectivity index (χ0) is 27.1. The van der Waals surface area contributed by atoms with Gasteiger partial charge in [-0.05, 0) is 85.8 Å². The topological polar surface area (TPSA) is 66.5 Å². The van der Waals surface area contributed by atoms with Crippen molar-refractivity contribution in [2.24, 2.45) is 0 Å². The number of fused-ring (bicyclic) bond motifs is 1. The van der Waals surface area contributed by atoms with Gasteiger partial charge in [0.2, 0.25) is 0 Å². The largest absolute Gasteiger partial charge is 0.493 e. The molecule has 0 saturated carbocycles. The van der Waals surface area contributed by atoms with Crippen LogP contribution in [0.3, 0.4) is 0 Å². The normalized spacial score (nSPS) is 14.4. The molecule has 7 nitrogen and oxygen atoms in total. The average molecular weight is 520 g/mol. The monoisotopic (exact) mass is 519 g/mol. The molecule has 38 heavy (non-hydrogen) atoms. The Morgan fingerprint density at radius 3 is 2.16 bits per heavy atom. The number of amides is 1. The van der Waals surface area contributed by atoms with Gasteiger partial charge < -0.3 is 28.6 Å². The van der Waals surface area contributed by atoms with E-state index < -0.39 is 0 Å². The van der Waals surface area contributed by atoms with Crippen LogP contribution in [0.4, 0.5) is 0 Å². The van der Waals surface area contributed by atoms with Crippen molar-refractivity contribution in [2.45, 2.75) is 39.7 Å². The number of hydrogen-bond donors (Lipinski definition) is 0. The van der Waals surface area contributed by atoms with Gasteiger partial charge in [0, 0.05) is 12.1 Å². The molecule has 1 heterocycles. The molecule has 0 aliphatic carbocycles. The van der Waals surface area contributed by atoms with Crippen LogP contribution < -0.4 is 23.7 Å². The predicted octanol–water partition coefficient (Wildman–Crippen LogP) is 5.88. The molecule has 7 heteroatoms. The molecule has 1 amide bonds. The average Bonchev–Trinajstić information content (AvgIpc) is 2.96. The number of carbonyl (C=O) groups excluding carboxylic acids is 1. The molecule has 4 rings (SSSR count). The second-order valence-electron chi connectivity index (χ2n) is 9.01. The van der Waals surface area contributed by atoms with E-state index >= 15 is 0 Å². The van der Waals surface area contributed by atoms with Crippen molar-refractivity contribution in [3.8, 4) is 28.7 Å². The first-order valence-electron chi connectivity index (χ1n) is 13.2. The first-order chi connectivity index (χ1) is 18.5. The predicted molar refractivity (Wildman–Crippen MR) is 147 cm³/mol. The summed E-state index contributed by atoms with van der Waals surface area (Å²) in [6.07, 6.45) is 1.66. The van der Waals surface area contributed by atoms with E-state index in [1.54, 1.807) is 32.4 Å². The highest BCUT2D eigenvalue weighted by molar-refractivity contribution is 5.95. The van der Waals surface area contributed by atoms with E-state index in [1.165, 1.54) is 5.56 Å². The Morgan fingerprint density at radius 2 is 1.50 bits per heavy atom. The first-order valence-corrected chi connectivity index (χ1v) is 13.2. The van der Waals surface area contributed by atoms with Crippen LogP contribution in [-0.4, -0.2) is 51.4 Å². The molecule has 0 spiro atoms. The van der Waals surface area contributed by atoms with Crippen LogP contribution in [0.25, 0.3) is 0 Å². The summed E-state index contributed by atoms with van der Waals surface area (Å²) in [4.78, 5) is 15.8. The number of aryl methyl sites for hydroxylation is 1. The second-order valence-corrected chi connectivity index (χ2v) is 9.01. The second kappa shape index (κ2) is 12.6. The van der Waals surface area contributed by atoms with Crippen LogP contribution in [0.5, 0.6) is 28.7 Å². The Balaban J connectivity index is 1.69. The van der Waals surface area contributed by atoms with E-state index in [4.69, 9.17) is 23.7 Å². The Kier molecular flexibility index (Phi) is 9.00. The van der Waals surface area contributed by atoms with Crippen molar-refractivity contribution in [1.82, 2.24) is 4.90 Å². The van der Waals surface area contributed by atoms with Crippen molar-refractivity contribution in [3.05, 3.63) is 76.9 Å². The molecule has 3 aromatic rings. The third-order valence-electron chi connectivity index (χ3n) is 6.79. The molecule has 0 fully saturated rings. The molecule has 0 N–H and O–H groups in total. The van der Waals surface area contributed by atoms with E-state index in [-0.39, 0.29) is 11.9 Å². The van der Waals surface area contributed by atoms with Crippen molar-refractivity contribution in [2.75, 3.05) is 40.6 Å². The van der Waals surface area contributed by atoms with Gasteiger partial charge in [-0.15, -0.1) is 0 Å². The van der Waals surface area contributed by atoms with Gasteiger partial charge in [-0.3, -0.25) is 4.79 Å². The fourth-order valence-electron chi connectivity index (χ4n) is 4.80. The summed E-state index contributed by atoms with van der Waals surface area (Å²) in [7, 11) is 3.25. The third kappa shape index (κ3) is 5.82. The minimum absolute atomic E-state index is 0.0932. The highest BCUT2D eigenvalue weighted by Crippen LogP contribution is 2.39. The van der Waals surface area contributed by atoms with Gasteiger partial charge in [-0.25, -0.2) is 0 Å². The van der Waals surface area contributed by atoms with Crippen molar-refractivity contribution in [1.29, 1.82) is 0 Å². The molecule has 3 aromatic carbocycles. The Labute approximate surface area is 225 Å². The quantitative estimate of drug-likeness (QED) is 0.315. The summed E-state index contributed by atoms with van der Waals surface area (Å²) in [5.74, 6) is 3.16. The first kappa shape index (κ1) is 27.2.